The first-order valence-electron chi connectivity index (χ1n) is 7.23. The lowest BCUT2D eigenvalue weighted by Crippen LogP contribution is -2.40. The van der Waals surface area contributed by atoms with Crippen molar-refractivity contribution in [3.63, 3.8) is 0 Å². The number of aryl methyl sites for hydroxylation is 1. The van der Waals surface area contributed by atoms with Crippen molar-refractivity contribution in [2.24, 2.45) is 0 Å². The number of nitrogens with one attached hydrogen (secondary N) is 2. The molecule has 0 spiro atoms. The SMILES string of the molecule is CCC(=O)NCCNC(=O)[C@H](c1ccc(C)cc1)N(C)C. The lowest BCUT2D eigenvalue weighted by atomic mass is 10.0. The fourth-order valence-corrected chi connectivity index (χ4v) is 2.04. The van der Waals surface area contributed by atoms with Gasteiger partial charge in [0, 0.05) is 19.5 Å². The molecule has 0 bridgehead atoms. The van der Waals surface area contributed by atoms with Crippen LogP contribution in [-0.4, -0.2) is 43.9 Å². The van der Waals surface area contributed by atoms with Crippen LogP contribution in [0.5, 0.6) is 0 Å². The molecule has 0 unspecified atom stereocenters. The van der Waals surface area contributed by atoms with E-state index >= 15 is 0 Å². The molecule has 2 amide bonds. The first-order valence-corrected chi connectivity index (χ1v) is 7.23. The smallest absolute Gasteiger partial charge is 0.242 e. The summed E-state index contributed by atoms with van der Waals surface area (Å²) in [5.41, 5.74) is 2.12. The highest BCUT2D eigenvalue weighted by Crippen LogP contribution is 2.18. The second-order valence-electron chi connectivity index (χ2n) is 5.27. The van der Waals surface area contributed by atoms with Crippen molar-refractivity contribution in [1.82, 2.24) is 15.5 Å². The lowest BCUT2D eigenvalue weighted by Gasteiger charge is -2.24. The molecule has 116 valence electrons. The number of hydrogen-bond acceptors (Lipinski definition) is 3. The lowest BCUT2D eigenvalue weighted by molar-refractivity contribution is -0.126. The van der Waals surface area contributed by atoms with E-state index in [1.807, 2.05) is 50.2 Å². The van der Waals surface area contributed by atoms with E-state index in [4.69, 9.17) is 0 Å². The van der Waals surface area contributed by atoms with Crippen molar-refractivity contribution in [3.8, 4) is 0 Å². The van der Waals surface area contributed by atoms with Crippen LogP contribution in [0, 0.1) is 6.92 Å². The normalized spacial score (nSPS) is 12.0. The molecule has 0 aliphatic rings. The Balaban J connectivity index is 2.58. The molecule has 0 heterocycles. The molecule has 2 N–H and O–H groups in total. The second-order valence-corrected chi connectivity index (χ2v) is 5.27. The van der Waals surface area contributed by atoms with Gasteiger partial charge in [-0.05, 0) is 26.6 Å². The second kappa shape index (κ2) is 8.42. The Bertz CT molecular complexity index is 469. The third-order valence-electron chi connectivity index (χ3n) is 3.23. The van der Waals surface area contributed by atoms with Crippen molar-refractivity contribution < 1.29 is 9.59 Å². The molecule has 0 saturated heterocycles. The van der Waals surface area contributed by atoms with Crippen molar-refractivity contribution >= 4 is 11.8 Å². The van der Waals surface area contributed by atoms with Crippen molar-refractivity contribution in [1.29, 1.82) is 0 Å². The first kappa shape index (κ1) is 17.2. The number of hydrogen-bond donors (Lipinski definition) is 2. The van der Waals surface area contributed by atoms with Gasteiger partial charge in [-0.15, -0.1) is 0 Å². The molecule has 0 fully saturated rings. The summed E-state index contributed by atoms with van der Waals surface area (Å²) < 4.78 is 0. The molecule has 0 aliphatic carbocycles. The largest absolute Gasteiger partial charge is 0.354 e. The van der Waals surface area contributed by atoms with Gasteiger partial charge in [0.1, 0.15) is 6.04 Å². The molecule has 5 nitrogen and oxygen atoms in total. The van der Waals surface area contributed by atoms with E-state index in [1.165, 1.54) is 5.56 Å². The zero-order chi connectivity index (χ0) is 15.8. The molecule has 0 saturated carbocycles. The standard InChI is InChI=1S/C16H25N3O2/c1-5-14(20)17-10-11-18-16(21)15(19(3)4)13-8-6-12(2)7-9-13/h6-9,15H,5,10-11H2,1-4H3,(H,17,20)(H,18,21)/t15-/m0/s1. The van der Waals surface area contributed by atoms with E-state index in [9.17, 15) is 9.59 Å². The van der Waals surface area contributed by atoms with Gasteiger partial charge in [-0.1, -0.05) is 36.8 Å². The van der Waals surface area contributed by atoms with E-state index in [0.717, 1.165) is 5.56 Å². The van der Waals surface area contributed by atoms with Crippen LogP contribution in [0.2, 0.25) is 0 Å². The molecule has 0 radical (unpaired) electrons. The third kappa shape index (κ3) is 5.55. The van der Waals surface area contributed by atoms with E-state index in [2.05, 4.69) is 10.6 Å². The molecule has 0 aliphatic heterocycles. The number of carbonyl (C=O) groups is 2. The summed E-state index contributed by atoms with van der Waals surface area (Å²) in [4.78, 5) is 25.3. The predicted molar refractivity (Wildman–Crippen MR) is 83.9 cm³/mol. The van der Waals surface area contributed by atoms with Gasteiger partial charge in [0.2, 0.25) is 11.8 Å². The molecule has 5 heteroatoms. The minimum Gasteiger partial charge on any atom is -0.354 e. The van der Waals surface area contributed by atoms with E-state index in [-0.39, 0.29) is 17.9 Å². The summed E-state index contributed by atoms with van der Waals surface area (Å²) >= 11 is 0. The van der Waals surface area contributed by atoms with Gasteiger partial charge in [0.25, 0.3) is 0 Å². The van der Waals surface area contributed by atoms with Crippen molar-refractivity contribution in [2.75, 3.05) is 27.2 Å². The van der Waals surface area contributed by atoms with Gasteiger partial charge in [-0.25, -0.2) is 0 Å². The van der Waals surface area contributed by atoms with Crippen LogP contribution < -0.4 is 10.6 Å². The zero-order valence-corrected chi connectivity index (χ0v) is 13.3. The monoisotopic (exact) mass is 291 g/mol. The minimum atomic E-state index is -0.326. The number of carbonyl (C=O) groups excluding carboxylic acids is 2. The number of rotatable bonds is 7. The molecular weight excluding hydrogens is 266 g/mol. The van der Waals surface area contributed by atoms with Crippen LogP contribution >= 0.6 is 0 Å². The van der Waals surface area contributed by atoms with Gasteiger partial charge in [0.15, 0.2) is 0 Å². The first-order chi connectivity index (χ1) is 9.95. The Morgan fingerprint density at radius 2 is 1.67 bits per heavy atom. The average Bonchev–Trinajstić information content (AvgIpc) is 2.45. The van der Waals surface area contributed by atoms with Crippen LogP contribution in [0.4, 0.5) is 0 Å². The average molecular weight is 291 g/mol. The minimum absolute atomic E-state index is 0.00746. The number of amides is 2. The van der Waals surface area contributed by atoms with Gasteiger partial charge >= 0.3 is 0 Å². The fourth-order valence-electron chi connectivity index (χ4n) is 2.04. The maximum atomic E-state index is 12.3. The van der Waals surface area contributed by atoms with Crippen molar-refractivity contribution in [2.45, 2.75) is 26.3 Å². The predicted octanol–water partition coefficient (Wildman–Crippen LogP) is 1.24. The summed E-state index contributed by atoms with van der Waals surface area (Å²) in [5, 5.41) is 5.60. The van der Waals surface area contributed by atoms with Crippen LogP contribution in [0.3, 0.4) is 0 Å². The molecule has 1 aromatic rings. The Morgan fingerprint density at radius 1 is 1.10 bits per heavy atom. The Kier molecular flexibility index (Phi) is 6.88. The zero-order valence-electron chi connectivity index (χ0n) is 13.3. The van der Waals surface area contributed by atoms with E-state index in [0.29, 0.717) is 19.5 Å². The molecule has 1 atom stereocenters. The third-order valence-corrected chi connectivity index (χ3v) is 3.23. The van der Waals surface area contributed by atoms with Crippen LogP contribution in [-0.2, 0) is 9.59 Å². The number of benzene rings is 1. The molecule has 1 aromatic carbocycles. The highest BCUT2D eigenvalue weighted by molar-refractivity contribution is 5.83. The van der Waals surface area contributed by atoms with Crippen LogP contribution in [0.15, 0.2) is 24.3 Å². The van der Waals surface area contributed by atoms with Gasteiger partial charge in [0.05, 0.1) is 0 Å². The van der Waals surface area contributed by atoms with Gasteiger partial charge in [-0.2, -0.15) is 0 Å². The molecule has 21 heavy (non-hydrogen) atoms. The molecular formula is C16H25N3O2. The topological polar surface area (TPSA) is 61.4 Å². The maximum Gasteiger partial charge on any atom is 0.242 e. The van der Waals surface area contributed by atoms with Crippen LogP contribution in [0.1, 0.15) is 30.5 Å². The number of likely N-dealkylation sites (N-methyl/N-ethyl adjacent to an activating group) is 1. The Labute approximate surface area is 126 Å². The Hall–Kier alpha value is -1.88. The van der Waals surface area contributed by atoms with Gasteiger partial charge < -0.3 is 10.6 Å². The van der Waals surface area contributed by atoms with Gasteiger partial charge in [-0.3, -0.25) is 14.5 Å². The molecule has 1 rings (SSSR count). The van der Waals surface area contributed by atoms with Crippen LogP contribution in [0.25, 0.3) is 0 Å². The highest BCUT2D eigenvalue weighted by atomic mass is 16.2. The van der Waals surface area contributed by atoms with E-state index in [1.54, 1.807) is 6.92 Å². The van der Waals surface area contributed by atoms with Crippen molar-refractivity contribution in [3.05, 3.63) is 35.4 Å². The molecule has 0 aromatic heterocycles. The fraction of sp³-hybridized carbons (Fsp3) is 0.500. The maximum absolute atomic E-state index is 12.3. The number of nitrogens with zero attached hydrogens (tertiary/aromatic N) is 1. The summed E-state index contributed by atoms with van der Waals surface area (Å²) in [6.07, 6.45) is 0.456. The Morgan fingerprint density at radius 3 is 2.19 bits per heavy atom. The van der Waals surface area contributed by atoms with E-state index < -0.39 is 0 Å². The quantitative estimate of drug-likeness (QED) is 0.743. The summed E-state index contributed by atoms with van der Waals surface area (Å²) in [6.45, 7) is 4.70. The summed E-state index contributed by atoms with van der Waals surface area (Å²) in [6, 6.07) is 7.62. The summed E-state index contributed by atoms with van der Waals surface area (Å²) in [5.74, 6) is -0.0680. The summed E-state index contributed by atoms with van der Waals surface area (Å²) in [7, 11) is 3.76. The highest BCUT2D eigenvalue weighted by Gasteiger charge is 2.22.